The predicted molar refractivity (Wildman–Crippen MR) is 217 cm³/mol. The summed E-state index contributed by atoms with van der Waals surface area (Å²) in [6.07, 6.45) is 3.19. The molecule has 0 fully saturated rings. The number of allylic oxidation sites excluding steroid dienone is 1. The molecule has 1 aromatic heterocycles. The van der Waals surface area contributed by atoms with Crippen LogP contribution in [0.25, 0.3) is 77.7 Å². The number of rotatable bonds is 4. The molecule has 0 spiro atoms. The smallest absolute Gasteiger partial charge is 0.118 e. The lowest BCUT2D eigenvalue weighted by Gasteiger charge is -2.26. The van der Waals surface area contributed by atoms with Crippen molar-refractivity contribution in [2.24, 2.45) is 0 Å². The van der Waals surface area contributed by atoms with Crippen LogP contribution in [0.4, 0.5) is 0 Å². The average Bonchev–Trinajstić information content (AvgIpc) is 3.34. The molecule has 0 unspecified atom stereocenters. The first-order chi connectivity index (χ1) is 26.2. The topological polar surface area (TPSA) is 44.2 Å². The second-order valence-electron chi connectivity index (χ2n) is 13.9. The van der Waals surface area contributed by atoms with E-state index < -0.39 is 0 Å². The number of hydrogen-bond acceptors (Lipinski definition) is 4. The van der Waals surface area contributed by atoms with Gasteiger partial charge in [0.2, 0.25) is 0 Å². The zero-order valence-electron chi connectivity index (χ0n) is 29.7. The van der Waals surface area contributed by atoms with Gasteiger partial charge in [0.15, 0.2) is 0 Å². The number of ether oxygens (including phenoxy) is 2. The first-order valence-electron chi connectivity index (χ1n) is 18.3. The molecule has 0 bridgehead atoms. The Morgan fingerprint density at radius 1 is 0.453 bits per heavy atom. The highest BCUT2D eigenvalue weighted by molar-refractivity contribution is 6.13. The monoisotopic (exact) mass is 684 g/mol. The summed E-state index contributed by atoms with van der Waals surface area (Å²) < 4.78 is 11.0. The fraction of sp³-hybridized carbons (Fsp3) is 0.102. The lowest BCUT2D eigenvalue weighted by Crippen LogP contribution is -2.06. The molecule has 0 saturated carbocycles. The number of aryl methyl sites for hydroxylation is 1. The maximum atomic E-state index is 5.69. The molecule has 4 nitrogen and oxygen atoms in total. The van der Waals surface area contributed by atoms with Gasteiger partial charge in [0.1, 0.15) is 11.5 Å². The molecule has 0 aliphatic heterocycles. The van der Waals surface area contributed by atoms with E-state index in [0.29, 0.717) is 0 Å². The molecular formula is C49H36N2O2. The van der Waals surface area contributed by atoms with Crippen molar-refractivity contribution in [1.29, 1.82) is 0 Å². The van der Waals surface area contributed by atoms with Crippen LogP contribution in [0.5, 0.6) is 11.5 Å². The minimum absolute atomic E-state index is 0.816. The third-order valence-corrected chi connectivity index (χ3v) is 11.0. The molecule has 0 atom stereocenters. The lowest BCUT2D eigenvalue weighted by molar-refractivity contribution is 0.415. The highest BCUT2D eigenvalue weighted by Crippen LogP contribution is 2.51. The van der Waals surface area contributed by atoms with E-state index in [1.165, 1.54) is 44.2 Å². The van der Waals surface area contributed by atoms with Gasteiger partial charge in [-0.1, -0.05) is 121 Å². The van der Waals surface area contributed by atoms with Gasteiger partial charge >= 0.3 is 0 Å². The van der Waals surface area contributed by atoms with E-state index in [2.05, 4.69) is 121 Å². The van der Waals surface area contributed by atoms with Crippen LogP contribution in [0.1, 0.15) is 35.1 Å². The van der Waals surface area contributed by atoms with Crippen LogP contribution in [0.3, 0.4) is 0 Å². The number of fused-ring (bicyclic) bond motifs is 9. The van der Waals surface area contributed by atoms with Crippen LogP contribution in [-0.4, -0.2) is 24.2 Å². The number of nitrogens with zero attached hydrogens (tertiary/aromatic N) is 2. The fourth-order valence-electron chi connectivity index (χ4n) is 8.52. The summed E-state index contributed by atoms with van der Waals surface area (Å²) in [5.41, 5.74) is 17.7. The van der Waals surface area contributed by atoms with E-state index in [9.17, 15) is 0 Å². The van der Waals surface area contributed by atoms with E-state index in [0.717, 1.165) is 86.6 Å². The summed E-state index contributed by atoms with van der Waals surface area (Å²) in [6.45, 7) is 0. The Balaban J connectivity index is 1.31. The molecular weight excluding hydrogens is 649 g/mol. The van der Waals surface area contributed by atoms with Crippen molar-refractivity contribution >= 4 is 33.0 Å². The van der Waals surface area contributed by atoms with Gasteiger partial charge in [0.05, 0.1) is 36.6 Å². The Kier molecular flexibility index (Phi) is 7.43. The molecule has 2 aliphatic rings. The minimum Gasteiger partial charge on any atom is -0.497 e. The quantitative estimate of drug-likeness (QED) is 0.185. The van der Waals surface area contributed by atoms with Gasteiger partial charge in [-0.15, -0.1) is 0 Å². The maximum absolute atomic E-state index is 5.69. The molecule has 254 valence electrons. The Hall–Kier alpha value is -6.52. The van der Waals surface area contributed by atoms with Crippen LogP contribution in [0, 0.1) is 0 Å². The molecule has 7 aromatic carbocycles. The van der Waals surface area contributed by atoms with Gasteiger partial charge in [-0.3, -0.25) is 0 Å². The first-order valence-corrected chi connectivity index (χ1v) is 18.3. The summed E-state index contributed by atoms with van der Waals surface area (Å²) in [7, 11) is 3.39. The Labute approximate surface area is 309 Å². The third kappa shape index (κ3) is 5.05. The molecule has 4 heteroatoms. The zero-order valence-corrected chi connectivity index (χ0v) is 29.7. The van der Waals surface area contributed by atoms with Crippen LogP contribution >= 0.6 is 0 Å². The van der Waals surface area contributed by atoms with E-state index in [1.807, 2.05) is 24.3 Å². The molecule has 53 heavy (non-hydrogen) atoms. The average molecular weight is 685 g/mol. The Morgan fingerprint density at radius 2 is 0.962 bits per heavy atom. The summed E-state index contributed by atoms with van der Waals surface area (Å²) in [6, 6.07) is 51.9. The Morgan fingerprint density at radius 3 is 1.51 bits per heavy atom. The number of aromatic nitrogens is 2. The van der Waals surface area contributed by atoms with Crippen LogP contribution in [-0.2, 0) is 6.42 Å². The van der Waals surface area contributed by atoms with Gasteiger partial charge in [0, 0.05) is 22.3 Å². The molecule has 10 rings (SSSR count). The standard InChI is InChI=1S/C49H36N2O2/c1-52-34-24-20-31(21-25-34)37-28-29-38(32-22-26-35(53-2)27-23-32)47-46(37)50-48-41-15-7-5-13-39(41)45(40-14-6-8-16-42(40)49(48)51-47)43-17-9-11-33-19-18-30-10-3-4-12-36(30)44(33)43/h3-8,10,12-16,18-29H,9,11,17H2,1-2H3. The van der Waals surface area contributed by atoms with Gasteiger partial charge in [-0.2, -0.15) is 0 Å². The van der Waals surface area contributed by atoms with Gasteiger partial charge < -0.3 is 9.47 Å². The van der Waals surface area contributed by atoms with Gasteiger partial charge in [-0.05, 0) is 98.8 Å². The highest BCUT2D eigenvalue weighted by Gasteiger charge is 2.30. The number of hydrogen-bond donors (Lipinski definition) is 0. The van der Waals surface area contributed by atoms with Crippen molar-refractivity contribution in [3.63, 3.8) is 0 Å². The minimum atomic E-state index is 0.816. The van der Waals surface area contributed by atoms with Crippen LogP contribution in [0.2, 0.25) is 0 Å². The summed E-state index contributed by atoms with van der Waals surface area (Å²) in [5, 5.41) is 2.59. The largest absolute Gasteiger partial charge is 0.497 e. The molecule has 0 N–H and O–H groups in total. The molecule has 0 amide bonds. The molecule has 2 aliphatic carbocycles. The van der Waals surface area contributed by atoms with Crippen molar-refractivity contribution in [3.05, 3.63) is 168 Å². The lowest BCUT2D eigenvalue weighted by atomic mass is 9.78. The van der Waals surface area contributed by atoms with E-state index in [-0.39, 0.29) is 0 Å². The second-order valence-corrected chi connectivity index (χ2v) is 13.9. The maximum Gasteiger partial charge on any atom is 0.118 e. The second kappa shape index (κ2) is 12.6. The van der Waals surface area contributed by atoms with Gasteiger partial charge in [-0.25, -0.2) is 9.97 Å². The van der Waals surface area contributed by atoms with E-state index >= 15 is 0 Å². The van der Waals surface area contributed by atoms with Crippen molar-refractivity contribution in [1.82, 2.24) is 9.97 Å². The number of methoxy groups -OCH3 is 2. The molecule has 0 saturated heterocycles. The molecule has 8 aromatic rings. The third-order valence-electron chi connectivity index (χ3n) is 11.0. The van der Waals surface area contributed by atoms with Crippen molar-refractivity contribution in [2.75, 3.05) is 14.2 Å². The summed E-state index contributed by atoms with van der Waals surface area (Å²) in [4.78, 5) is 11.4. The van der Waals surface area contributed by atoms with E-state index in [4.69, 9.17) is 19.4 Å². The SMILES string of the molecule is COc1ccc(-c2ccc(-c3ccc(OC)cc3)c3nc4c(nc23)-c2ccccc2C(=C2CCCc3ccc5ccccc5c32)c2ccccc2-4)cc1. The highest BCUT2D eigenvalue weighted by atomic mass is 16.5. The molecule has 1 heterocycles. The van der Waals surface area contributed by atoms with Gasteiger partial charge in [0.25, 0.3) is 0 Å². The molecule has 0 radical (unpaired) electrons. The zero-order chi connectivity index (χ0) is 35.5. The van der Waals surface area contributed by atoms with Crippen molar-refractivity contribution in [2.45, 2.75) is 19.3 Å². The van der Waals surface area contributed by atoms with Crippen molar-refractivity contribution < 1.29 is 9.47 Å². The first kappa shape index (κ1) is 31.2. The fourth-order valence-corrected chi connectivity index (χ4v) is 8.52. The van der Waals surface area contributed by atoms with Crippen molar-refractivity contribution in [3.8, 4) is 56.3 Å². The predicted octanol–water partition coefficient (Wildman–Crippen LogP) is 12.1. The van der Waals surface area contributed by atoms with E-state index in [1.54, 1.807) is 14.2 Å². The number of benzene rings is 7. The normalized spacial score (nSPS) is 13.2. The Bertz CT molecular complexity index is 2620. The van der Waals surface area contributed by atoms with Crippen LogP contribution < -0.4 is 9.47 Å². The summed E-state index contributed by atoms with van der Waals surface area (Å²) >= 11 is 0. The van der Waals surface area contributed by atoms with Crippen LogP contribution in [0.15, 0.2) is 146 Å². The summed E-state index contributed by atoms with van der Waals surface area (Å²) in [5.74, 6) is 1.63.